The first-order valence-electron chi connectivity index (χ1n) is 4.51. The molecule has 0 saturated heterocycles. The Kier molecular flexibility index (Phi) is 3.72. The third kappa shape index (κ3) is 2.80. The van der Waals surface area contributed by atoms with Crippen molar-refractivity contribution in [1.29, 1.82) is 0 Å². The second-order valence-corrected chi connectivity index (χ2v) is 5.28. The van der Waals surface area contributed by atoms with Crippen molar-refractivity contribution in [2.45, 2.75) is 6.54 Å². The molecule has 1 N–H and O–H groups in total. The van der Waals surface area contributed by atoms with Crippen LogP contribution in [-0.4, -0.2) is 31.3 Å². The van der Waals surface area contributed by atoms with Crippen LogP contribution < -0.4 is 0 Å². The summed E-state index contributed by atoms with van der Waals surface area (Å²) >= 11 is 5.56. The van der Waals surface area contributed by atoms with E-state index in [2.05, 4.69) is 54.0 Å². The van der Waals surface area contributed by atoms with E-state index in [0.717, 1.165) is 13.6 Å². The van der Waals surface area contributed by atoms with Gasteiger partial charge in [-0.3, -0.25) is 4.79 Å². The Morgan fingerprint density at radius 3 is 3.00 bits per heavy atom. The maximum Gasteiger partial charge on any atom is 0.325 e. The normalized spacial score (nSPS) is 10.5. The number of halogens is 2. The van der Waals surface area contributed by atoms with Crippen LogP contribution in [0.2, 0.25) is 0 Å². The third-order valence-electron chi connectivity index (χ3n) is 1.99. The van der Waals surface area contributed by atoms with Crippen molar-refractivity contribution < 1.29 is 9.90 Å². The number of nitrogens with zero attached hydrogens (tertiary/aromatic N) is 4. The van der Waals surface area contributed by atoms with E-state index in [1.165, 1.54) is 4.68 Å². The number of rotatable bonds is 3. The zero-order chi connectivity index (χ0) is 12.4. The molecule has 0 amide bonds. The summed E-state index contributed by atoms with van der Waals surface area (Å²) in [6.07, 6.45) is 0. The first-order valence-corrected chi connectivity index (χ1v) is 6.38. The highest BCUT2D eigenvalue weighted by atomic mass is 127. The fourth-order valence-electron chi connectivity index (χ4n) is 1.30. The molecule has 0 fully saturated rings. The van der Waals surface area contributed by atoms with Crippen molar-refractivity contribution in [3.8, 4) is 11.4 Å². The largest absolute Gasteiger partial charge is 0.480 e. The molecule has 0 aliphatic rings. The zero-order valence-electron chi connectivity index (χ0n) is 8.34. The van der Waals surface area contributed by atoms with Gasteiger partial charge in [-0.1, -0.05) is 15.9 Å². The first kappa shape index (κ1) is 12.4. The van der Waals surface area contributed by atoms with Gasteiger partial charge in [0.15, 0.2) is 5.82 Å². The van der Waals surface area contributed by atoms with Gasteiger partial charge < -0.3 is 5.11 Å². The van der Waals surface area contributed by atoms with Gasteiger partial charge in [0.1, 0.15) is 6.54 Å². The van der Waals surface area contributed by atoms with Gasteiger partial charge in [-0.05, 0) is 51.2 Å². The Morgan fingerprint density at radius 2 is 2.29 bits per heavy atom. The molecule has 0 bridgehead atoms. The quantitative estimate of drug-likeness (QED) is 0.783. The molecule has 17 heavy (non-hydrogen) atoms. The molecule has 0 aliphatic heterocycles. The number of aromatic nitrogens is 4. The first-order chi connectivity index (χ1) is 8.08. The lowest BCUT2D eigenvalue weighted by Crippen LogP contribution is -2.11. The second kappa shape index (κ2) is 5.08. The average Bonchev–Trinajstić information content (AvgIpc) is 2.69. The van der Waals surface area contributed by atoms with Crippen LogP contribution in [0.1, 0.15) is 0 Å². The van der Waals surface area contributed by atoms with Gasteiger partial charge in [0, 0.05) is 13.6 Å². The third-order valence-corrected chi connectivity index (χ3v) is 3.35. The van der Waals surface area contributed by atoms with E-state index in [0.29, 0.717) is 5.82 Å². The Balaban J connectivity index is 2.49. The van der Waals surface area contributed by atoms with E-state index in [1.807, 2.05) is 18.2 Å². The number of carboxylic acids is 1. The topological polar surface area (TPSA) is 80.9 Å². The van der Waals surface area contributed by atoms with E-state index < -0.39 is 5.97 Å². The van der Waals surface area contributed by atoms with Crippen molar-refractivity contribution in [3.63, 3.8) is 0 Å². The van der Waals surface area contributed by atoms with Crippen LogP contribution in [-0.2, 0) is 11.3 Å². The Hall–Kier alpha value is -1.03. The van der Waals surface area contributed by atoms with Crippen molar-refractivity contribution >= 4 is 44.5 Å². The van der Waals surface area contributed by atoms with Crippen molar-refractivity contribution in [2.24, 2.45) is 0 Å². The van der Waals surface area contributed by atoms with Gasteiger partial charge in [0.05, 0.1) is 0 Å². The van der Waals surface area contributed by atoms with Gasteiger partial charge >= 0.3 is 5.97 Å². The van der Waals surface area contributed by atoms with Crippen LogP contribution in [0.5, 0.6) is 0 Å². The number of hydrogen-bond acceptors (Lipinski definition) is 4. The van der Waals surface area contributed by atoms with E-state index >= 15 is 0 Å². The molecule has 0 saturated carbocycles. The van der Waals surface area contributed by atoms with E-state index in [1.54, 1.807) is 0 Å². The number of carboxylic acid groups (broad SMARTS) is 1. The highest BCUT2D eigenvalue weighted by Crippen LogP contribution is 2.27. The zero-order valence-corrected chi connectivity index (χ0v) is 12.1. The summed E-state index contributed by atoms with van der Waals surface area (Å²) in [6.45, 7) is -0.264. The maximum atomic E-state index is 10.7. The Bertz CT molecular complexity index is 572. The Morgan fingerprint density at radius 1 is 1.53 bits per heavy atom. The molecule has 1 aromatic heterocycles. The number of tetrazole rings is 1. The molecule has 8 heteroatoms. The summed E-state index contributed by atoms with van der Waals surface area (Å²) in [7, 11) is 0. The molecule has 0 atom stereocenters. The van der Waals surface area contributed by atoms with Crippen molar-refractivity contribution in [3.05, 3.63) is 26.2 Å². The Labute approximate surface area is 118 Å². The summed E-state index contributed by atoms with van der Waals surface area (Å²) in [5.74, 6) is -0.557. The van der Waals surface area contributed by atoms with Crippen molar-refractivity contribution in [1.82, 2.24) is 20.2 Å². The molecular weight excluding hydrogens is 403 g/mol. The molecule has 0 aliphatic carbocycles. The standard InChI is InChI=1S/C9H6BrIN4O2/c10-7-2-1-5(11)3-6(7)9-12-13-14-15(9)4-8(16)17/h1-3H,4H2,(H,16,17). The molecule has 0 unspecified atom stereocenters. The van der Waals surface area contributed by atoms with Gasteiger partial charge in [-0.25, -0.2) is 4.68 Å². The number of hydrogen-bond donors (Lipinski definition) is 1. The number of benzene rings is 1. The highest BCUT2D eigenvalue weighted by Gasteiger charge is 2.14. The fourth-order valence-corrected chi connectivity index (χ4v) is 2.22. The number of carbonyl (C=O) groups is 1. The highest BCUT2D eigenvalue weighted by molar-refractivity contribution is 14.1. The fraction of sp³-hybridized carbons (Fsp3) is 0.111. The molecular formula is C9H6BrIN4O2. The van der Waals surface area contributed by atoms with Crippen LogP contribution in [0.15, 0.2) is 22.7 Å². The minimum absolute atomic E-state index is 0.264. The van der Waals surface area contributed by atoms with Gasteiger partial charge in [0.2, 0.25) is 0 Å². The summed E-state index contributed by atoms with van der Waals surface area (Å²) in [6, 6.07) is 5.69. The van der Waals surface area contributed by atoms with Crippen LogP contribution in [0.25, 0.3) is 11.4 Å². The average molecular weight is 409 g/mol. The molecule has 2 rings (SSSR count). The van der Waals surface area contributed by atoms with Crippen LogP contribution in [0.4, 0.5) is 0 Å². The molecule has 1 aromatic carbocycles. The van der Waals surface area contributed by atoms with E-state index in [-0.39, 0.29) is 6.54 Å². The van der Waals surface area contributed by atoms with Gasteiger partial charge in [-0.2, -0.15) is 0 Å². The molecule has 6 nitrogen and oxygen atoms in total. The minimum atomic E-state index is -0.986. The summed E-state index contributed by atoms with van der Waals surface area (Å²) in [5.41, 5.74) is 0.767. The maximum absolute atomic E-state index is 10.7. The lowest BCUT2D eigenvalue weighted by molar-refractivity contribution is -0.137. The second-order valence-electron chi connectivity index (χ2n) is 3.18. The molecule has 1 heterocycles. The van der Waals surface area contributed by atoms with Crippen LogP contribution >= 0.6 is 38.5 Å². The molecule has 0 radical (unpaired) electrons. The summed E-state index contributed by atoms with van der Waals surface area (Å²) < 4.78 is 3.09. The lowest BCUT2D eigenvalue weighted by atomic mass is 10.2. The van der Waals surface area contributed by atoms with Crippen LogP contribution in [0, 0.1) is 3.57 Å². The van der Waals surface area contributed by atoms with Crippen LogP contribution in [0.3, 0.4) is 0 Å². The van der Waals surface area contributed by atoms with Crippen molar-refractivity contribution in [2.75, 3.05) is 0 Å². The molecule has 0 spiro atoms. The van der Waals surface area contributed by atoms with Gasteiger partial charge in [0.25, 0.3) is 0 Å². The molecule has 88 valence electrons. The predicted molar refractivity (Wildman–Crippen MR) is 71.3 cm³/mol. The summed E-state index contributed by atoms with van der Waals surface area (Å²) in [4.78, 5) is 10.7. The minimum Gasteiger partial charge on any atom is -0.480 e. The smallest absolute Gasteiger partial charge is 0.325 e. The van der Waals surface area contributed by atoms with Gasteiger partial charge in [-0.15, -0.1) is 5.10 Å². The lowest BCUT2D eigenvalue weighted by Gasteiger charge is -2.04. The van der Waals surface area contributed by atoms with E-state index in [4.69, 9.17) is 5.11 Å². The SMILES string of the molecule is O=C(O)Cn1nnnc1-c1cc(I)ccc1Br. The van der Waals surface area contributed by atoms with E-state index in [9.17, 15) is 4.79 Å². The monoisotopic (exact) mass is 408 g/mol. The number of aliphatic carboxylic acids is 1. The summed E-state index contributed by atoms with van der Waals surface area (Å²) in [5, 5.41) is 19.8. The molecule has 2 aromatic rings. The predicted octanol–water partition coefficient (Wildman–Crippen LogP) is 1.79.